The molecule has 0 aliphatic carbocycles. The van der Waals surface area contributed by atoms with Crippen LogP contribution in [0.1, 0.15) is 12.5 Å². The lowest BCUT2D eigenvalue weighted by Crippen LogP contribution is -2.30. The Morgan fingerprint density at radius 2 is 1.85 bits per heavy atom. The van der Waals surface area contributed by atoms with Gasteiger partial charge in [-0.1, -0.05) is 36.9 Å². The predicted octanol–water partition coefficient (Wildman–Crippen LogP) is 5.63. The fraction of sp³-hybridized carbons (Fsp3) is 0.214. The molecule has 0 radical (unpaired) electrons. The minimum absolute atomic E-state index is 0.000986. The van der Waals surface area contributed by atoms with Gasteiger partial charge in [0.1, 0.15) is 12.1 Å². The number of carbonyl (C=O) groups excluding carboxylic acids is 1. The number of anilines is 2. The van der Waals surface area contributed by atoms with Crippen LogP contribution < -0.4 is 15.0 Å². The van der Waals surface area contributed by atoms with E-state index in [-0.39, 0.29) is 17.9 Å². The van der Waals surface area contributed by atoms with Gasteiger partial charge in [-0.15, -0.1) is 18.3 Å². The molecule has 2 unspecified atom stereocenters. The number of thioether (sulfide) groups is 1. The molecular weight excluding hydrogens is 557 g/mol. The van der Waals surface area contributed by atoms with Crippen LogP contribution in [0.25, 0.3) is 17.1 Å². The van der Waals surface area contributed by atoms with Crippen LogP contribution in [0.5, 0.6) is 5.75 Å². The van der Waals surface area contributed by atoms with E-state index in [1.807, 2.05) is 48.5 Å². The zero-order valence-electron chi connectivity index (χ0n) is 21.6. The summed E-state index contributed by atoms with van der Waals surface area (Å²) in [4.78, 5) is 23.3. The standard InChI is InChI=1S/C28H23F3N6O3S/c1-2-17-5-3-4-6-22(17)37-23(38)15-41-27(37)34-26-25(39-26)33-19-9-7-18(8-10-19)24-32-16-36(35-24)20-11-13-21(14-12-20)40-28(29,30)31/h3-14,16,25-26,33H,2,15H2,1H3. The number of aliphatic imine (C=N–C) groups is 1. The number of ether oxygens (including phenoxy) is 2. The van der Waals surface area contributed by atoms with Crippen molar-refractivity contribution in [1.82, 2.24) is 14.8 Å². The number of amides is 1. The lowest BCUT2D eigenvalue weighted by molar-refractivity contribution is -0.274. The Bertz CT molecular complexity index is 1590. The molecule has 9 nitrogen and oxygen atoms in total. The molecule has 41 heavy (non-hydrogen) atoms. The number of alkyl halides is 3. The molecule has 2 aliphatic rings. The molecule has 13 heteroatoms. The molecule has 3 heterocycles. The smallest absolute Gasteiger partial charge is 0.406 e. The van der Waals surface area contributed by atoms with Crippen molar-refractivity contribution in [3.05, 3.63) is 84.7 Å². The summed E-state index contributed by atoms with van der Waals surface area (Å²) in [6, 6.07) is 20.6. The molecule has 1 amide bonds. The van der Waals surface area contributed by atoms with E-state index in [9.17, 15) is 18.0 Å². The number of aromatic nitrogens is 3. The summed E-state index contributed by atoms with van der Waals surface area (Å²) in [5.41, 5.74) is 4.03. The number of hydrogen-bond acceptors (Lipinski definition) is 8. The third-order valence-electron chi connectivity index (χ3n) is 6.36. The molecule has 0 spiro atoms. The predicted molar refractivity (Wildman–Crippen MR) is 149 cm³/mol. The Kier molecular flexibility index (Phi) is 7.14. The van der Waals surface area contributed by atoms with Gasteiger partial charge in [-0.2, -0.15) is 0 Å². The second-order valence-corrected chi connectivity index (χ2v) is 10.1. The first kappa shape index (κ1) is 26.8. The summed E-state index contributed by atoms with van der Waals surface area (Å²) in [5, 5.41) is 8.33. The van der Waals surface area contributed by atoms with Gasteiger partial charge in [-0.25, -0.2) is 14.7 Å². The summed E-state index contributed by atoms with van der Waals surface area (Å²) in [5.74, 6) is 0.478. The van der Waals surface area contributed by atoms with E-state index >= 15 is 0 Å². The van der Waals surface area contributed by atoms with Crippen LogP contribution in [-0.2, 0) is 16.0 Å². The van der Waals surface area contributed by atoms with Crippen molar-refractivity contribution in [2.75, 3.05) is 16.0 Å². The zero-order chi connectivity index (χ0) is 28.6. The fourth-order valence-electron chi connectivity index (χ4n) is 4.34. The Morgan fingerprint density at radius 1 is 1.10 bits per heavy atom. The van der Waals surface area contributed by atoms with Crippen molar-refractivity contribution < 1.29 is 27.4 Å². The highest BCUT2D eigenvalue weighted by Crippen LogP contribution is 2.34. The van der Waals surface area contributed by atoms with Crippen molar-refractivity contribution in [2.45, 2.75) is 32.2 Å². The van der Waals surface area contributed by atoms with Crippen LogP contribution in [0, 0.1) is 0 Å². The second kappa shape index (κ2) is 10.9. The summed E-state index contributed by atoms with van der Waals surface area (Å²) in [7, 11) is 0. The van der Waals surface area contributed by atoms with Crippen LogP contribution in [-0.4, -0.2) is 50.4 Å². The van der Waals surface area contributed by atoms with Crippen LogP contribution in [0.4, 0.5) is 24.5 Å². The third kappa shape index (κ3) is 6.05. The van der Waals surface area contributed by atoms with Gasteiger partial charge in [-0.3, -0.25) is 9.69 Å². The molecule has 2 atom stereocenters. The van der Waals surface area contributed by atoms with Crippen molar-refractivity contribution in [2.24, 2.45) is 4.99 Å². The topological polar surface area (TPSA) is 97.2 Å². The number of nitrogens with zero attached hydrogens (tertiary/aromatic N) is 5. The Hall–Kier alpha value is -4.36. The van der Waals surface area contributed by atoms with Gasteiger partial charge in [0.15, 0.2) is 23.4 Å². The van der Waals surface area contributed by atoms with Gasteiger partial charge < -0.3 is 14.8 Å². The fourth-order valence-corrected chi connectivity index (χ4v) is 5.23. The quantitative estimate of drug-likeness (QED) is 0.270. The Morgan fingerprint density at radius 3 is 2.59 bits per heavy atom. The van der Waals surface area contributed by atoms with E-state index in [1.54, 1.807) is 4.90 Å². The molecule has 6 rings (SSSR count). The molecule has 3 aromatic carbocycles. The van der Waals surface area contributed by atoms with Crippen LogP contribution in [0.2, 0.25) is 0 Å². The van der Waals surface area contributed by atoms with Gasteiger partial charge in [-0.05, 0) is 66.6 Å². The number of carbonyl (C=O) groups is 1. The molecule has 2 fully saturated rings. The molecule has 1 aromatic heterocycles. The minimum Gasteiger partial charge on any atom is -0.406 e. The van der Waals surface area contributed by atoms with E-state index in [1.165, 1.54) is 47.0 Å². The SMILES string of the molecule is CCc1ccccc1N1C(=O)CSC1=NC1OC1Nc1ccc(-c2ncn(-c3ccc(OC(F)(F)F)cc3)n2)cc1. The van der Waals surface area contributed by atoms with E-state index < -0.39 is 12.6 Å². The first-order valence-electron chi connectivity index (χ1n) is 12.7. The first-order valence-corrected chi connectivity index (χ1v) is 13.7. The monoisotopic (exact) mass is 580 g/mol. The van der Waals surface area contributed by atoms with Gasteiger partial charge in [0.25, 0.3) is 0 Å². The molecule has 1 N–H and O–H groups in total. The first-order chi connectivity index (χ1) is 19.8. The minimum atomic E-state index is -4.75. The number of benzene rings is 3. The van der Waals surface area contributed by atoms with Crippen molar-refractivity contribution in [3.8, 4) is 22.8 Å². The number of nitrogens with one attached hydrogen (secondary N) is 1. The third-order valence-corrected chi connectivity index (χ3v) is 7.30. The number of rotatable bonds is 8. The number of aryl methyl sites for hydroxylation is 1. The molecule has 4 aromatic rings. The Labute approximate surface area is 237 Å². The molecule has 2 aliphatic heterocycles. The molecule has 0 saturated carbocycles. The van der Waals surface area contributed by atoms with Crippen LogP contribution >= 0.6 is 11.8 Å². The molecular formula is C28H23F3N6O3S. The van der Waals surface area contributed by atoms with Gasteiger partial charge in [0, 0.05) is 11.3 Å². The average Bonchev–Trinajstić information content (AvgIpc) is 3.31. The van der Waals surface area contributed by atoms with Crippen LogP contribution in [0.15, 0.2) is 84.1 Å². The van der Waals surface area contributed by atoms with Gasteiger partial charge in [0.2, 0.25) is 5.91 Å². The number of halogens is 3. The van der Waals surface area contributed by atoms with E-state index in [2.05, 4.69) is 32.1 Å². The molecule has 0 bridgehead atoms. The highest BCUT2D eigenvalue weighted by molar-refractivity contribution is 8.15. The van der Waals surface area contributed by atoms with E-state index in [0.717, 1.165) is 28.9 Å². The van der Waals surface area contributed by atoms with Crippen molar-refractivity contribution in [1.29, 1.82) is 0 Å². The summed E-state index contributed by atoms with van der Waals surface area (Å²) in [6.07, 6.45) is -3.20. The normalized spacial score (nSPS) is 19.6. The van der Waals surface area contributed by atoms with Gasteiger partial charge >= 0.3 is 6.36 Å². The van der Waals surface area contributed by atoms with Gasteiger partial charge in [0.05, 0.1) is 17.1 Å². The number of amidine groups is 1. The van der Waals surface area contributed by atoms with Crippen LogP contribution in [0.3, 0.4) is 0 Å². The van der Waals surface area contributed by atoms with E-state index in [4.69, 9.17) is 4.74 Å². The Balaban J connectivity index is 1.08. The maximum Gasteiger partial charge on any atom is 0.573 e. The van der Waals surface area contributed by atoms with E-state index in [0.29, 0.717) is 22.4 Å². The lowest BCUT2D eigenvalue weighted by Gasteiger charge is -2.19. The maximum atomic E-state index is 12.6. The summed E-state index contributed by atoms with van der Waals surface area (Å²) < 4.78 is 48.2. The maximum absolute atomic E-state index is 12.6. The summed E-state index contributed by atoms with van der Waals surface area (Å²) in [6.45, 7) is 2.05. The average molecular weight is 581 g/mol. The number of epoxide rings is 1. The highest BCUT2D eigenvalue weighted by atomic mass is 32.2. The second-order valence-electron chi connectivity index (χ2n) is 9.14. The molecule has 210 valence electrons. The molecule has 2 saturated heterocycles. The number of para-hydroxylation sites is 1. The lowest BCUT2D eigenvalue weighted by atomic mass is 10.1. The zero-order valence-corrected chi connectivity index (χ0v) is 22.4. The van der Waals surface area contributed by atoms with Crippen molar-refractivity contribution >= 4 is 34.2 Å². The van der Waals surface area contributed by atoms with Crippen molar-refractivity contribution in [3.63, 3.8) is 0 Å². The number of hydrogen-bond donors (Lipinski definition) is 1. The summed E-state index contributed by atoms with van der Waals surface area (Å²) >= 11 is 1.40. The highest BCUT2D eigenvalue weighted by Gasteiger charge is 2.42. The largest absolute Gasteiger partial charge is 0.573 e.